The van der Waals surface area contributed by atoms with Crippen LogP contribution in [0, 0.1) is 13.8 Å². The van der Waals surface area contributed by atoms with Crippen molar-refractivity contribution in [1.82, 2.24) is 20.0 Å². The molecule has 1 N–H and O–H groups in total. The zero-order valence-electron chi connectivity index (χ0n) is 18.6. The van der Waals surface area contributed by atoms with Gasteiger partial charge in [0.15, 0.2) is 5.69 Å². The zero-order chi connectivity index (χ0) is 22.5. The molecule has 7 heteroatoms. The van der Waals surface area contributed by atoms with Gasteiger partial charge in [-0.2, -0.15) is 5.10 Å². The van der Waals surface area contributed by atoms with Gasteiger partial charge >= 0.3 is 0 Å². The first kappa shape index (κ1) is 22.2. The summed E-state index contributed by atoms with van der Waals surface area (Å²) in [6.45, 7) is 4.86. The number of rotatable bonds is 7. The Morgan fingerprint density at radius 3 is 2.42 bits per heavy atom. The number of ether oxygens (including phenoxy) is 1. The second-order valence-corrected chi connectivity index (χ2v) is 7.52. The Hall–Kier alpha value is -3.45. The Labute approximate surface area is 182 Å². The van der Waals surface area contributed by atoms with Crippen molar-refractivity contribution < 1.29 is 14.3 Å². The van der Waals surface area contributed by atoms with Gasteiger partial charge in [-0.25, -0.2) is 4.68 Å². The van der Waals surface area contributed by atoms with Gasteiger partial charge in [-0.1, -0.05) is 29.8 Å². The molecule has 3 rings (SSSR count). The summed E-state index contributed by atoms with van der Waals surface area (Å²) in [5.74, 6) is -0.365. The molecule has 162 valence electrons. The molecule has 31 heavy (non-hydrogen) atoms. The summed E-state index contributed by atoms with van der Waals surface area (Å²) >= 11 is 0. The number of carbonyl (C=O) groups is 2. The number of nitrogens with zero attached hydrogens (tertiary/aromatic N) is 3. The predicted molar refractivity (Wildman–Crippen MR) is 121 cm³/mol. The lowest BCUT2D eigenvalue weighted by molar-refractivity contribution is 0.0744. The van der Waals surface area contributed by atoms with Crippen LogP contribution in [-0.2, 0) is 4.74 Å². The number of aryl methyl sites for hydroxylation is 2. The third kappa shape index (κ3) is 5.00. The minimum Gasteiger partial charge on any atom is -0.383 e. The van der Waals surface area contributed by atoms with Crippen molar-refractivity contribution in [1.29, 1.82) is 0 Å². The highest BCUT2D eigenvalue weighted by Gasteiger charge is 2.17. The van der Waals surface area contributed by atoms with Gasteiger partial charge in [-0.15, -0.1) is 0 Å². The molecule has 0 aliphatic rings. The smallest absolute Gasteiger partial charge is 0.271 e. The lowest BCUT2D eigenvalue weighted by Crippen LogP contribution is -2.30. The van der Waals surface area contributed by atoms with Crippen molar-refractivity contribution in [2.45, 2.75) is 13.8 Å². The highest BCUT2D eigenvalue weighted by Crippen LogP contribution is 2.26. The van der Waals surface area contributed by atoms with Crippen LogP contribution in [0.15, 0.2) is 48.5 Å². The van der Waals surface area contributed by atoms with Crippen LogP contribution >= 0.6 is 0 Å². The van der Waals surface area contributed by atoms with E-state index in [4.69, 9.17) is 4.74 Å². The number of aromatic nitrogens is 2. The molecule has 0 aliphatic heterocycles. The summed E-state index contributed by atoms with van der Waals surface area (Å²) in [5, 5.41) is 7.05. The predicted octanol–water partition coefficient (Wildman–Crippen LogP) is 3.23. The lowest BCUT2D eigenvalue weighted by atomic mass is 10.0. The van der Waals surface area contributed by atoms with Gasteiger partial charge in [-0.3, -0.25) is 9.59 Å². The molecule has 7 nitrogen and oxygen atoms in total. The van der Waals surface area contributed by atoms with Gasteiger partial charge in [0.05, 0.1) is 12.3 Å². The maximum Gasteiger partial charge on any atom is 0.271 e. The normalized spacial score (nSPS) is 10.7. The van der Waals surface area contributed by atoms with Crippen LogP contribution in [0.5, 0.6) is 0 Å². The first-order valence-electron chi connectivity index (χ1n) is 10.1. The number of nitrogens with one attached hydrogen (secondary N) is 1. The first-order chi connectivity index (χ1) is 14.8. The molecule has 0 saturated heterocycles. The zero-order valence-corrected chi connectivity index (χ0v) is 18.6. The van der Waals surface area contributed by atoms with Gasteiger partial charge < -0.3 is 15.0 Å². The average Bonchev–Trinajstić information content (AvgIpc) is 3.18. The van der Waals surface area contributed by atoms with Crippen molar-refractivity contribution in [3.8, 4) is 16.8 Å². The molecular weight excluding hydrogens is 392 g/mol. The Bertz CT molecular complexity index is 1090. The van der Waals surface area contributed by atoms with Gasteiger partial charge in [0.2, 0.25) is 0 Å². The van der Waals surface area contributed by atoms with Crippen LogP contribution in [0.3, 0.4) is 0 Å². The van der Waals surface area contributed by atoms with Gasteiger partial charge in [0.25, 0.3) is 11.8 Å². The molecular formula is C24H28N4O3. The Morgan fingerprint density at radius 1 is 1.06 bits per heavy atom. The maximum absolute atomic E-state index is 13.1. The number of hydrogen-bond donors (Lipinski definition) is 1. The Morgan fingerprint density at radius 2 is 1.77 bits per heavy atom. The van der Waals surface area contributed by atoms with Crippen molar-refractivity contribution >= 4 is 11.8 Å². The van der Waals surface area contributed by atoms with Crippen molar-refractivity contribution in [3.63, 3.8) is 0 Å². The molecule has 0 bridgehead atoms. The van der Waals surface area contributed by atoms with Gasteiger partial charge in [0, 0.05) is 39.0 Å². The van der Waals surface area contributed by atoms with Crippen LogP contribution in [0.1, 0.15) is 32.1 Å². The van der Waals surface area contributed by atoms with Crippen molar-refractivity contribution in [2.24, 2.45) is 0 Å². The third-order valence-electron chi connectivity index (χ3n) is 5.12. The van der Waals surface area contributed by atoms with E-state index in [0.29, 0.717) is 30.1 Å². The Kier molecular flexibility index (Phi) is 6.87. The van der Waals surface area contributed by atoms with Gasteiger partial charge in [-0.05, 0) is 49.2 Å². The number of amides is 2. The average molecular weight is 421 g/mol. The molecule has 0 radical (unpaired) electrons. The summed E-state index contributed by atoms with van der Waals surface area (Å²) < 4.78 is 6.79. The van der Waals surface area contributed by atoms with E-state index in [-0.39, 0.29) is 11.8 Å². The minimum atomic E-state index is -0.257. The molecule has 0 aliphatic carbocycles. The highest BCUT2D eigenvalue weighted by molar-refractivity contribution is 5.96. The summed E-state index contributed by atoms with van der Waals surface area (Å²) in [7, 11) is 4.93. The van der Waals surface area contributed by atoms with Crippen molar-refractivity contribution in [2.75, 3.05) is 34.4 Å². The SMILES string of the molecule is CNC(=O)c1cc(C)n(-c2cc(C(=O)N(C)CCOC)cc(-c3ccc(C)cc3)c2)n1. The molecule has 0 fully saturated rings. The van der Waals surface area contributed by atoms with E-state index in [1.54, 1.807) is 42.9 Å². The van der Waals surface area contributed by atoms with E-state index in [1.807, 2.05) is 50.2 Å². The fraction of sp³-hybridized carbons (Fsp3) is 0.292. The Balaban J connectivity index is 2.11. The molecule has 2 amide bonds. The molecule has 3 aromatic rings. The van der Waals surface area contributed by atoms with Crippen LogP contribution in [0.25, 0.3) is 16.8 Å². The quantitative estimate of drug-likeness (QED) is 0.637. The van der Waals surface area contributed by atoms with Crippen LogP contribution in [0.2, 0.25) is 0 Å². The standard InChI is InChI=1S/C24H28N4O3/c1-16-6-8-18(9-7-16)19-13-20(24(30)27(4)10-11-31-5)15-21(14-19)28-17(2)12-22(26-28)23(29)25-3/h6-9,12-15H,10-11H2,1-5H3,(H,25,29). The van der Waals surface area contributed by atoms with E-state index in [0.717, 1.165) is 22.4 Å². The van der Waals surface area contributed by atoms with E-state index >= 15 is 0 Å². The number of hydrogen-bond acceptors (Lipinski definition) is 4. The van der Waals surface area contributed by atoms with E-state index < -0.39 is 0 Å². The molecule has 0 spiro atoms. The van der Waals surface area contributed by atoms with E-state index in [9.17, 15) is 9.59 Å². The van der Waals surface area contributed by atoms with Gasteiger partial charge in [0.1, 0.15) is 0 Å². The number of benzene rings is 2. The highest BCUT2D eigenvalue weighted by atomic mass is 16.5. The maximum atomic E-state index is 13.1. The molecule has 0 unspecified atom stereocenters. The van der Waals surface area contributed by atoms with E-state index in [1.165, 1.54) is 0 Å². The second kappa shape index (κ2) is 9.57. The fourth-order valence-electron chi connectivity index (χ4n) is 3.29. The lowest BCUT2D eigenvalue weighted by Gasteiger charge is -2.18. The molecule has 0 atom stereocenters. The fourth-order valence-corrected chi connectivity index (χ4v) is 3.29. The molecule has 1 aromatic heterocycles. The largest absolute Gasteiger partial charge is 0.383 e. The summed E-state index contributed by atoms with van der Waals surface area (Å²) in [6.07, 6.45) is 0. The number of methoxy groups -OCH3 is 1. The molecule has 2 aromatic carbocycles. The summed E-state index contributed by atoms with van der Waals surface area (Å²) in [5.41, 5.74) is 5.44. The van der Waals surface area contributed by atoms with Crippen molar-refractivity contribution in [3.05, 3.63) is 71.0 Å². The third-order valence-corrected chi connectivity index (χ3v) is 5.12. The summed E-state index contributed by atoms with van der Waals surface area (Å²) in [6, 6.07) is 15.5. The second-order valence-electron chi connectivity index (χ2n) is 7.52. The number of likely N-dealkylation sites (N-methyl/N-ethyl adjacent to an activating group) is 1. The molecule has 0 saturated carbocycles. The van der Waals surface area contributed by atoms with Crippen LogP contribution in [0.4, 0.5) is 0 Å². The first-order valence-corrected chi connectivity index (χ1v) is 10.1. The topological polar surface area (TPSA) is 76.5 Å². The van der Waals surface area contributed by atoms with E-state index in [2.05, 4.69) is 10.4 Å². The monoisotopic (exact) mass is 420 g/mol. The van der Waals surface area contributed by atoms with Crippen LogP contribution in [-0.4, -0.2) is 60.9 Å². The molecule has 1 heterocycles. The minimum absolute atomic E-state index is 0.108. The number of carbonyl (C=O) groups excluding carboxylic acids is 2. The van der Waals surface area contributed by atoms with Crippen LogP contribution < -0.4 is 5.32 Å². The summed E-state index contributed by atoms with van der Waals surface area (Å²) in [4.78, 5) is 26.8.